The molecule has 0 aliphatic rings. The monoisotopic (exact) mass is 302 g/mol. The topological polar surface area (TPSA) is 181 Å². The average molecular weight is 302 g/mol. The van der Waals surface area contributed by atoms with Crippen LogP contribution >= 0.6 is 0 Å². The lowest BCUT2D eigenvalue weighted by atomic mass is 10.4. The van der Waals surface area contributed by atoms with Crippen LogP contribution in [-0.4, -0.2) is 32.7 Å². The summed E-state index contributed by atoms with van der Waals surface area (Å²) in [6.45, 7) is 1.04. The first-order valence-corrected chi connectivity index (χ1v) is 5.32. The smallest absolute Gasteiger partial charge is 0.375 e. The summed E-state index contributed by atoms with van der Waals surface area (Å²) in [6.07, 6.45) is 1.95. The van der Waals surface area contributed by atoms with Gasteiger partial charge in [-0.3, -0.25) is 0 Å². The molecule has 2 aromatic rings. The molecule has 2 aromatic heterocycles. The van der Waals surface area contributed by atoms with Crippen molar-refractivity contribution < 1.29 is 48.4 Å². The first-order valence-electron chi connectivity index (χ1n) is 5.32. The molecule has 0 saturated carbocycles. The van der Waals surface area contributed by atoms with Gasteiger partial charge in [0.15, 0.2) is 0 Å². The predicted octanol–water partition coefficient (Wildman–Crippen LogP) is -3.20. The maximum atomic E-state index is 10.4. The number of carboxylic acid groups (broad SMARTS) is 2. The molecule has 0 aromatic carbocycles. The van der Waals surface area contributed by atoms with Gasteiger partial charge >= 0.3 is 11.9 Å². The molecule has 12 heteroatoms. The van der Waals surface area contributed by atoms with E-state index in [-0.39, 0.29) is 6.54 Å². The number of hydrogen-bond acceptors (Lipinski definition) is 8. The lowest BCUT2D eigenvalue weighted by molar-refractivity contribution is -0.771. The van der Waals surface area contributed by atoms with E-state index in [2.05, 4.69) is 19.6 Å². The minimum absolute atomic E-state index is 0.355. The standard InChI is InChI=1S/C5H6N2O4.C4H4N2O4/c1-3(5(9)10)7-2-4(8)11-6-7;7-3(8)1-6-2-4(9)10-5-6/h2-3H,1H3,(H-,6,8,9,10);2H,1H2,(H-,5,7,8,9). The van der Waals surface area contributed by atoms with Crippen LogP contribution in [0.2, 0.25) is 0 Å². The van der Waals surface area contributed by atoms with Gasteiger partial charge in [-0.2, -0.15) is 0 Å². The van der Waals surface area contributed by atoms with Crippen molar-refractivity contribution in [3.8, 4) is 11.9 Å². The van der Waals surface area contributed by atoms with E-state index < -0.39 is 29.9 Å². The molecule has 2 rings (SSSR count). The van der Waals surface area contributed by atoms with Crippen LogP contribution in [0.1, 0.15) is 13.0 Å². The second-order valence-corrected chi connectivity index (χ2v) is 3.63. The minimum Gasteiger partial charge on any atom is -0.539 e. The van der Waals surface area contributed by atoms with Gasteiger partial charge < -0.3 is 29.5 Å². The van der Waals surface area contributed by atoms with Gasteiger partial charge in [0.05, 0.1) is 10.5 Å². The Kier molecular flexibility index (Phi) is 5.17. The lowest BCUT2D eigenvalue weighted by Gasteiger charge is -1.92. The molecule has 2 N–H and O–H groups in total. The highest BCUT2D eigenvalue weighted by Gasteiger charge is 2.23. The molecule has 1 atom stereocenters. The maximum absolute atomic E-state index is 10.4. The van der Waals surface area contributed by atoms with Crippen LogP contribution in [0.5, 0.6) is 11.9 Å². The number of carbonyl (C=O) groups is 2. The Morgan fingerprint density at radius 1 is 1.24 bits per heavy atom. The molecule has 0 aliphatic carbocycles. The molecule has 12 nitrogen and oxygen atoms in total. The van der Waals surface area contributed by atoms with E-state index in [1.807, 2.05) is 0 Å². The van der Waals surface area contributed by atoms with Crippen molar-refractivity contribution in [2.24, 2.45) is 0 Å². The van der Waals surface area contributed by atoms with Crippen LogP contribution in [-0.2, 0) is 16.1 Å². The highest BCUT2D eigenvalue weighted by Crippen LogP contribution is 1.98. The molecule has 2 heterocycles. The van der Waals surface area contributed by atoms with Crippen molar-refractivity contribution >= 4 is 11.9 Å². The second kappa shape index (κ2) is 6.83. The summed E-state index contributed by atoms with van der Waals surface area (Å²) in [4.78, 5) is 20.3. The summed E-state index contributed by atoms with van der Waals surface area (Å²) in [5, 5.41) is 43.5. The Hall–Kier alpha value is -3.18. The van der Waals surface area contributed by atoms with Crippen molar-refractivity contribution in [2.75, 3.05) is 0 Å². The predicted molar refractivity (Wildman–Crippen MR) is 52.3 cm³/mol. The number of carboxylic acids is 2. The Bertz CT molecular complexity index is 621. The first-order chi connectivity index (χ1) is 9.79. The van der Waals surface area contributed by atoms with E-state index >= 15 is 0 Å². The summed E-state index contributed by atoms with van der Waals surface area (Å²) in [6, 6.07) is -0.874. The van der Waals surface area contributed by atoms with Crippen LogP contribution in [0, 0.1) is 0 Å². The Morgan fingerprint density at radius 3 is 2.19 bits per heavy atom. The SMILES string of the molecule is CC(C(=O)O)[n+]1cc([O-])on1.O=C(O)C[n+]1cc([O-])on1. The highest BCUT2D eigenvalue weighted by molar-refractivity contribution is 5.69. The third-order valence-corrected chi connectivity index (χ3v) is 2.00. The summed E-state index contributed by atoms with van der Waals surface area (Å²) in [7, 11) is 0. The number of aromatic nitrogens is 4. The zero-order valence-electron chi connectivity index (χ0n) is 10.6. The maximum Gasteiger partial charge on any atom is 0.375 e. The lowest BCUT2D eigenvalue weighted by Crippen LogP contribution is -2.43. The number of rotatable bonds is 4. The fourth-order valence-corrected chi connectivity index (χ4v) is 1.01. The zero-order valence-corrected chi connectivity index (χ0v) is 10.6. The van der Waals surface area contributed by atoms with E-state index in [0.717, 1.165) is 21.8 Å². The molecule has 0 bridgehead atoms. The molecule has 0 amide bonds. The Morgan fingerprint density at radius 2 is 1.81 bits per heavy atom. The quantitative estimate of drug-likeness (QED) is 0.545. The Balaban J connectivity index is 0.000000211. The van der Waals surface area contributed by atoms with Crippen LogP contribution in [0.4, 0.5) is 0 Å². The molecule has 21 heavy (non-hydrogen) atoms. The summed E-state index contributed by atoms with van der Waals surface area (Å²) in [5.74, 6) is -3.44. The summed E-state index contributed by atoms with van der Waals surface area (Å²) in [5.41, 5.74) is 0. The van der Waals surface area contributed by atoms with Gasteiger partial charge in [0.25, 0.3) is 12.6 Å². The summed E-state index contributed by atoms with van der Waals surface area (Å²) < 4.78 is 10.0. The summed E-state index contributed by atoms with van der Waals surface area (Å²) >= 11 is 0. The molecule has 1 unspecified atom stereocenters. The molecule has 114 valence electrons. The van der Waals surface area contributed by atoms with Crippen molar-refractivity contribution in [1.29, 1.82) is 0 Å². The second-order valence-electron chi connectivity index (χ2n) is 3.63. The number of nitrogens with zero attached hydrogens (tertiary/aromatic N) is 4. The third-order valence-electron chi connectivity index (χ3n) is 2.00. The molecule has 0 aliphatic heterocycles. The number of aliphatic carboxylic acids is 2. The molecule has 0 saturated heterocycles. The molecular weight excluding hydrogens is 292 g/mol. The first kappa shape index (κ1) is 15.9. The normalized spacial score (nSPS) is 11.3. The third kappa shape index (κ3) is 5.14. The highest BCUT2D eigenvalue weighted by atomic mass is 16.6. The Labute approximate surface area is 116 Å². The van der Waals surface area contributed by atoms with Gasteiger partial charge in [-0.1, -0.05) is 9.36 Å². The molecule has 0 fully saturated rings. The van der Waals surface area contributed by atoms with Gasteiger partial charge in [0, 0.05) is 6.92 Å². The van der Waals surface area contributed by atoms with Crippen LogP contribution in [0.3, 0.4) is 0 Å². The largest absolute Gasteiger partial charge is 0.539 e. The molecule has 0 spiro atoms. The fraction of sp³-hybridized carbons (Fsp3) is 0.333. The zero-order chi connectivity index (χ0) is 16.0. The van der Waals surface area contributed by atoms with Crippen molar-refractivity contribution in [2.45, 2.75) is 19.5 Å². The van der Waals surface area contributed by atoms with Crippen LogP contribution in [0.15, 0.2) is 21.4 Å². The van der Waals surface area contributed by atoms with Gasteiger partial charge in [0.2, 0.25) is 12.4 Å². The molecule has 0 radical (unpaired) electrons. The number of hydrogen-bond donors (Lipinski definition) is 2. The van der Waals surface area contributed by atoms with E-state index in [4.69, 9.17) is 10.2 Å². The van der Waals surface area contributed by atoms with Gasteiger partial charge in [0.1, 0.15) is 11.9 Å². The van der Waals surface area contributed by atoms with Crippen molar-refractivity contribution in [3.05, 3.63) is 12.4 Å². The van der Waals surface area contributed by atoms with Gasteiger partial charge in [-0.05, 0) is 0 Å². The van der Waals surface area contributed by atoms with E-state index in [9.17, 15) is 19.8 Å². The van der Waals surface area contributed by atoms with Crippen molar-refractivity contribution in [3.63, 3.8) is 0 Å². The van der Waals surface area contributed by atoms with Crippen LogP contribution in [0.25, 0.3) is 0 Å². The fourth-order valence-electron chi connectivity index (χ4n) is 1.01. The molecular formula is C9H10N4O8. The van der Waals surface area contributed by atoms with E-state index in [0.29, 0.717) is 0 Å². The average Bonchev–Trinajstić information content (AvgIpc) is 2.97. The van der Waals surface area contributed by atoms with E-state index in [1.54, 1.807) is 0 Å². The van der Waals surface area contributed by atoms with Gasteiger partial charge in [-0.15, -0.1) is 0 Å². The minimum atomic E-state index is -1.07. The van der Waals surface area contributed by atoms with Crippen LogP contribution < -0.4 is 19.6 Å². The van der Waals surface area contributed by atoms with Gasteiger partial charge in [-0.25, -0.2) is 9.59 Å². The van der Waals surface area contributed by atoms with E-state index in [1.165, 1.54) is 6.92 Å². The van der Waals surface area contributed by atoms with Crippen molar-refractivity contribution in [1.82, 2.24) is 10.5 Å².